The van der Waals surface area contributed by atoms with Crippen molar-refractivity contribution in [2.75, 3.05) is 6.61 Å². The number of hydrogen-bond acceptors (Lipinski definition) is 3. The van der Waals surface area contributed by atoms with E-state index in [0.29, 0.717) is 6.42 Å². The summed E-state index contributed by atoms with van der Waals surface area (Å²) in [6, 6.07) is -0.620. The molecule has 3 N–H and O–H groups in total. The Labute approximate surface area is 427 Å². The van der Waals surface area contributed by atoms with Crippen LogP contribution >= 0.6 is 0 Å². The van der Waals surface area contributed by atoms with Crippen LogP contribution in [-0.2, 0) is 4.79 Å². The van der Waals surface area contributed by atoms with Crippen LogP contribution in [0.2, 0.25) is 0 Å². The van der Waals surface area contributed by atoms with Crippen molar-refractivity contribution in [2.45, 2.75) is 360 Å². The topological polar surface area (TPSA) is 69.6 Å². The van der Waals surface area contributed by atoms with Crippen LogP contribution in [0.25, 0.3) is 0 Å². The number of aliphatic hydroxyl groups excluding tert-OH is 2. The molecule has 0 aromatic heterocycles. The van der Waals surface area contributed by atoms with Gasteiger partial charge in [-0.2, -0.15) is 0 Å². The Kier molecular flexibility index (Phi) is 58.7. The second kappa shape index (κ2) is 59.9. The minimum Gasteiger partial charge on any atom is -0.394 e. The van der Waals surface area contributed by atoms with Crippen molar-refractivity contribution in [3.05, 3.63) is 36.5 Å². The molecule has 4 heteroatoms. The second-order valence-electron chi connectivity index (χ2n) is 21.5. The van der Waals surface area contributed by atoms with E-state index in [2.05, 4.69) is 43.5 Å². The number of amides is 1. The number of unbranched alkanes of at least 4 members (excludes halogenated alkanes) is 47. The van der Waals surface area contributed by atoms with Crippen LogP contribution in [0.5, 0.6) is 0 Å². The molecule has 0 radical (unpaired) electrons. The summed E-state index contributed by atoms with van der Waals surface area (Å²) in [6.45, 7) is 4.33. The van der Waals surface area contributed by atoms with Gasteiger partial charge in [0.15, 0.2) is 0 Å². The average molecular weight is 955 g/mol. The van der Waals surface area contributed by atoms with Gasteiger partial charge in [-0.25, -0.2) is 0 Å². The molecule has 0 fully saturated rings. The predicted molar refractivity (Wildman–Crippen MR) is 304 cm³/mol. The number of hydrogen-bond donors (Lipinski definition) is 3. The van der Waals surface area contributed by atoms with Crippen molar-refractivity contribution in [3.8, 4) is 0 Å². The SMILES string of the molecule is CCCCCCC/C=C\C/C=C\CCCCCCCCCCCCCCCCCCCCCCCCCCCCCC(=O)NC(CO)C(O)/C=C/CCCCCCCCCCCCCCCCC. The van der Waals surface area contributed by atoms with E-state index in [1.165, 1.54) is 295 Å². The Morgan fingerprint density at radius 3 is 0.882 bits per heavy atom. The maximum absolute atomic E-state index is 12.5. The maximum Gasteiger partial charge on any atom is 0.220 e. The van der Waals surface area contributed by atoms with Crippen molar-refractivity contribution in [1.82, 2.24) is 5.32 Å². The number of nitrogens with one attached hydrogen (secondary N) is 1. The zero-order valence-corrected chi connectivity index (χ0v) is 46.4. The fourth-order valence-electron chi connectivity index (χ4n) is 9.86. The maximum atomic E-state index is 12.5. The van der Waals surface area contributed by atoms with Crippen molar-refractivity contribution < 1.29 is 15.0 Å². The minimum atomic E-state index is -0.837. The fourth-order valence-corrected chi connectivity index (χ4v) is 9.86. The van der Waals surface area contributed by atoms with E-state index in [1.54, 1.807) is 6.08 Å². The molecule has 68 heavy (non-hydrogen) atoms. The summed E-state index contributed by atoms with van der Waals surface area (Å²) in [4.78, 5) is 12.5. The van der Waals surface area contributed by atoms with Gasteiger partial charge in [-0.15, -0.1) is 0 Å². The number of aliphatic hydroxyl groups is 2. The molecule has 0 aliphatic carbocycles. The molecular weight excluding hydrogens is 831 g/mol. The van der Waals surface area contributed by atoms with Gasteiger partial charge in [0.25, 0.3) is 0 Å². The van der Waals surface area contributed by atoms with Crippen LogP contribution in [0.3, 0.4) is 0 Å². The number of carbonyl (C=O) groups is 1. The third kappa shape index (κ3) is 55.5. The van der Waals surface area contributed by atoms with E-state index in [-0.39, 0.29) is 12.5 Å². The van der Waals surface area contributed by atoms with Gasteiger partial charge in [-0.1, -0.05) is 326 Å². The zero-order chi connectivity index (χ0) is 49.2. The summed E-state index contributed by atoms with van der Waals surface area (Å²) in [6.07, 6.45) is 82.0. The van der Waals surface area contributed by atoms with E-state index in [1.807, 2.05) is 6.08 Å². The Hall–Kier alpha value is -1.39. The summed E-state index contributed by atoms with van der Waals surface area (Å²) in [5.41, 5.74) is 0. The molecule has 4 nitrogen and oxygen atoms in total. The molecule has 402 valence electrons. The predicted octanol–water partition coefficient (Wildman–Crippen LogP) is 20.8. The molecule has 0 aromatic carbocycles. The van der Waals surface area contributed by atoms with Crippen molar-refractivity contribution >= 4 is 5.91 Å². The lowest BCUT2D eigenvalue weighted by Gasteiger charge is -2.20. The highest BCUT2D eigenvalue weighted by Gasteiger charge is 2.18. The smallest absolute Gasteiger partial charge is 0.220 e. The number of allylic oxidation sites excluding steroid dienone is 5. The summed E-state index contributed by atoms with van der Waals surface area (Å²) >= 11 is 0. The molecule has 2 unspecified atom stereocenters. The van der Waals surface area contributed by atoms with E-state index in [4.69, 9.17) is 0 Å². The van der Waals surface area contributed by atoms with Crippen LogP contribution in [-0.4, -0.2) is 34.9 Å². The molecule has 0 aliphatic rings. The lowest BCUT2D eigenvalue weighted by Crippen LogP contribution is -2.45. The van der Waals surface area contributed by atoms with Crippen LogP contribution in [0.1, 0.15) is 348 Å². The minimum absolute atomic E-state index is 0.0570. The van der Waals surface area contributed by atoms with E-state index in [0.717, 1.165) is 32.1 Å². The second-order valence-corrected chi connectivity index (χ2v) is 21.5. The van der Waals surface area contributed by atoms with Gasteiger partial charge in [-0.3, -0.25) is 4.79 Å². The van der Waals surface area contributed by atoms with Gasteiger partial charge in [0.2, 0.25) is 5.91 Å². The Balaban J connectivity index is 3.38. The van der Waals surface area contributed by atoms with Gasteiger partial charge >= 0.3 is 0 Å². The lowest BCUT2D eigenvalue weighted by atomic mass is 10.0. The van der Waals surface area contributed by atoms with Gasteiger partial charge in [-0.05, 0) is 51.4 Å². The average Bonchev–Trinajstić information content (AvgIpc) is 3.34. The van der Waals surface area contributed by atoms with Crippen molar-refractivity contribution in [1.29, 1.82) is 0 Å². The van der Waals surface area contributed by atoms with Crippen LogP contribution in [0.15, 0.2) is 36.5 Å². The third-order valence-corrected chi connectivity index (χ3v) is 14.6. The molecule has 0 spiro atoms. The number of carbonyl (C=O) groups excluding carboxylic acids is 1. The van der Waals surface area contributed by atoms with E-state index >= 15 is 0 Å². The normalized spacial score (nSPS) is 12.9. The molecule has 1 amide bonds. The Bertz CT molecular complexity index is 1040. The molecule has 0 bridgehead atoms. The first-order valence-electron chi connectivity index (χ1n) is 31.2. The van der Waals surface area contributed by atoms with E-state index < -0.39 is 12.1 Å². The molecular formula is C64H123NO3. The highest BCUT2D eigenvalue weighted by Crippen LogP contribution is 2.18. The molecule has 0 heterocycles. The summed E-state index contributed by atoms with van der Waals surface area (Å²) < 4.78 is 0. The fraction of sp³-hybridized carbons (Fsp3) is 0.891. The molecule has 0 saturated heterocycles. The number of rotatable bonds is 58. The third-order valence-electron chi connectivity index (χ3n) is 14.6. The Morgan fingerprint density at radius 2 is 0.603 bits per heavy atom. The molecule has 0 aliphatic heterocycles. The highest BCUT2D eigenvalue weighted by molar-refractivity contribution is 5.76. The summed E-state index contributed by atoms with van der Waals surface area (Å²) in [7, 11) is 0. The molecule has 0 rings (SSSR count). The quantitative estimate of drug-likeness (QED) is 0.0420. The summed E-state index contributed by atoms with van der Waals surface area (Å²) in [5, 5.41) is 23.2. The van der Waals surface area contributed by atoms with Crippen LogP contribution in [0.4, 0.5) is 0 Å². The molecule has 0 aromatic rings. The van der Waals surface area contributed by atoms with Gasteiger partial charge in [0, 0.05) is 6.42 Å². The van der Waals surface area contributed by atoms with Crippen LogP contribution < -0.4 is 5.32 Å². The van der Waals surface area contributed by atoms with Crippen molar-refractivity contribution in [3.63, 3.8) is 0 Å². The van der Waals surface area contributed by atoms with Gasteiger partial charge in [0.05, 0.1) is 18.8 Å². The van der Waals surface area contributed by atoms with Gasteiger partial charge in [0.1, 0.15) is 0 Å². The zero-order valence-electron chi connectivity index (χ0n) is 46.4. The molecule has 2 atom stereocenters. The lowest BCUT2D eigenvalue weighted by molar-refractivity contribution is -0.123. The monoisotopic (exact) mass is 954 g/mol. The summed E-state index contributed by atoms with van der Waals surface area (Å²) in [5.74, 6) is -0.0570. The largest absolute Gasteiger partial charge is 0.394 e. The standard InChI is InChI=1S/C64H123NO3/c1-3-5-7-9-11-13-15-17-19-21-22-23-24-25-26-27-28-29-30-31-32-33-34-35-36-37-38-39-40-41-42-44-46-48-50-52-54-56-58-60-64(68)65-62(61-66)63(67)59-57-55-53-51-49-47-45-43-20-18-16-14-12-10-8-6-4-2/h15,17,21-22,57,59,62-63,66-67H,3-14,16,18-20,23-56,58,60-61H2,1-2H3,(H,65,68)/b17-15-,22-21-,59-57+. The Morgan fingerprint density at radius 1 is 0.353 bits per heavy atom. The van der Waals surface area contributed by atoms with Crippen LogP contribution in [0, 0.1) is 0 Å². The first-order chi connectivity index (χ1) is 33.7. The first-order valence-corrected chi connectivity index (χ1v) is 31.2. The van der Waals surface area contributed by atoms with Gasteiger partial charge < -0.3 is 15.5 Å². The highest BCUT2D eigenvalue weighted by atomic mass is 16.3. The van der Waals surface area contributed by atoms with E-state index in [9.17, 15) is 15.0 Å². The van der Waals surface area contributed by atoms with Crippen molar-refractivity contribution in [2.24, 2.45) is 0 Å². The first kappa shape index (κ1) is 66.6. The molecule has 0 saturated carbocycles.